The average Bonchev–Trinajstić information content (AvgIpc) is 2.13. The van der Waals surface area contributed by atoms with Crippen LogP contribution in [0.15, 0.2) is 0 Å². The molecule has 0 heterocycles. The number of carbonyl (C=O) groups excluding carboxylic acids is 1. The molecule has 14 heavy (non-hydrogen) atoms. The Kier molecular flexibility index (Phi) is 6.54. The second kappa shape index (κ2) is 6.82. The van der Waals surface area contributed by atoms with Gasteiger partial charge in [-0.3, -0.25) is 4.79 Å². The van der Waals surface area contributed by atoms with Gasteiger partial charge in [-0.05, 0) is 19.8 Å². The molecule has 0 aromatic carbocycles. The third kappa shape index (κ3) is 5.22. The monoisotopic (exact) mass is 201 g/mol. The van der Waals surface area contributed by atoms with Gasteiger partial charge in [0.25, 0.3) is 0 Å². The first-order valence-corrected chi connectivity index (χ1v) is 5.42. The molecule has 0 spiro atoms. The average molecular weight is 201 g/mol. The summed E-state index contributed by atoms with van der Waals surface area (Å²) in [4.78, 5) is 13.4. The van der Waals surface area contributed by atoms with Crippen LogP contribution in [0, 0.1) is 5.92 Å². The highest BCUT2D eigenvalue weighted by Gasteiger charge is 2.16. The molecule has 0 aromatic heterocycles. The standard InChI is InChI=1S/C11H23NO2/c1-5-6-9(2)11(14)12(4)8-7-10(3)13/h9-10,13H,5-8H2,1-4H3. The lowest BCUT2D eigenvalue weighted by Crippen LogP contribution is -2.33. The van der Waals surface area contributed by atoms with Gasteiger partial charge in [-0.15, -0.1) is 0 Å². The number of amides is 1. The predicted octanol–water partition coefficient (Wildman–Crippen LogP) is 1.65. The fourth-order valence-corrected chi connectivity index (χ4v) is 1.42. The van der Waals surface area contributed by atoms with E-state index in [1.807, 2.05) is 6.92 Å². The van der Waals surface area contributed by atoms with Crippen LogP contribution in [-0.4, -0.2) is 35.6 Å². The van der Waals surface area contributed by atoms with Crippen LogP contribution in [0.25, 0.3) is 0 Å². The van der Waals surface area contributed by atoms with E-state index in [1.54, 1.807) is 18.9 Å². The summed E-state index contributed by atoms with van der Waals surface area (Å²) in [5.41, 5.74) is 0. The van der Waals surface area contributed by atoms with Crippen LogP contribution in [0.1, 0.15) is 40.0 Å². The number of carbonyl (C=O) groups is 1. The molecular weight excluding hydrogens is 178 g/mol. The maximum atomic E-state index is 11.7. The summed E-state index contributed by atoms with van der Waals surface area (Å²) in [6, 6.07) is 0. The van der Waals surface area contributed by atoms with Gasteiger partial charge in [0.15, 0.2) is 0 Å². The molecule has 0 saturated heterocycles. The topological polar surface area (TPSA) is 40.5 Å². The third-order valence-electron chi connectivity index (χ3n) is 2.40. The fraction of sp³-hybridized carbons (Fsp3) is 0.909. The molecule has 0 saturated carbocycles. The van der Waals surface area contributed by atoms with E-state index < -0.39 is 0 Å². The van der Waals surface area contributed by atoms with Crippen molar-refractivity contribution in [3.63, 3.8) is 0 Å². The molecule has 0 aliphatic rings. The molecule has 84 valence electrons. The van der Waals surface area contributed by atoms with Gasteiger partial charge in [0, 0.05) is 19.5 Å². The highest BCUT2D eigenvalue weighted by molar-refractivity contribution is 5.78. The van der Waals surface area contributed by atoms with Gasteiger partial charge in [-0.2, -0.15) is 0 Å². The van der Waals surface area contributed by atoms with Crippen LogP contribution < -0.4 is 0 Å². The van der Waals surface area contributed by atoms with Gasteiger partial charge >= 0.3 is 0 Å². The zero-order chi connectivity index (χ0) is 11.1. The molecule has 1 N–H and O–H groups in total. The third-order valence-corrected chi connectivity index (χ3v) is 2.40. The lowest BCUT2D eigenvalue weighted by Gasteiger charge is -2.21. The van der Waals surface area contributed by atoms with E-state index in [0.717, 1.165) is 12.8 Å². The Hall–Kier alpha value is -0.570. The molecular formula is C11H23NO2. The van der Waals surface area contributed by atoms with Gasteiger partial charge in [-0.25, -0.2) is 0 Å². The van der Waals surface area contributed by atoms with Crippen molar-refractivity contribution in [1.29, 1.82) is 0 Å². The van der Waals surface area contributed by atoms with E-state index in [0.29, 0.717) is 13.0 Å². The summed E-state index contributed by atoms with van der Waals surface area (Å²) in [7, 11) is 1.80. The lowest BCUT2D eigenvalue weighted by molar-refractivity contribution is -0.134. The first-order chi connectivity index (χ1) is 6.49. The molecule has 3 heteroatoms. The van der Waals surface area contributed by atoms with Crippen LogP contribution in [0.4, 0.5) is 0 Å². The molecule has 2 atom stereocenters. The van der Waals surface area contributed by atoms with E-state index in [4.69, 9.17) is 5.11 Å². The summed E-state index contributed by atoms with van der Waals surface area (Å²) in [5, 5.41) is 9.09. The van der Waals surface area contributed by atoms with Crippen molar-refractivity contribution in [2.45, 2.75) is 46.1 Å². The fourth-order valence-electron chi connectivity index (χ4n) is 1.42. The minimum atomic E-state index is -0.327. The first kappa shape index (κ1) is 13.4. The van der Waals surface area contributed by atoms with Crippen LogP contribution in [0.5, 0.6) is 0 Å². The van der Waals surface area contributed by atoms with Crippen LogP contribution >= 0.6 is 0 Å². The summed E-state index contributed by atoms with van der Waals surface area (Å²) in [5.74, 6) is 0.298. The number of nitrogens with zero attached hydrogens (tertiary/aromatic N) is 1. The highest BCUT2D eigenvalue weighted by Crippen LogP contribution is 2.09. The van der Waals surface area contributed by atoms with Gasteiger partial charge in [0.2, 0.25) is 5.91 Å². The van der Waals surface area contributed by atoms with Crippen molar-refractivity contribution >= 4 is 5.91 Å². The van der Waals surface area contributed by atoms with E-state index in [1.165, 1.54) is 0 Å². The van der Waals surface area contributed by atoms with E-state index in [2.05, 4.69) is 6.92 Å². The van der Waals surface area contributed by atoms with Crippen molar-refractivity contribution in [3.8, 4) is 0 Å². The van der Waals surface area contributed by atoms with Gasteiger partial charge < -0.3 is 10.0 Å². The highest BCUT2D eigenvalue weighted by atomic mass is 16.3. The number of rotatable bonds is 6. The SMILES string of the molecule is CCCC(C)C(=O)N(C)CCC(C)O. The quantitative estimate of drug-likeness (QED) is 0.710. The molecule has 0 aliphatic heterocycles. The zero-order valence-electron chi connectivity index (χ0n) is 9.79. The second-order valence-electron chi connectivity index (χ2n) is 4.09. The molecule has 0 fully saturated rings. The van der Waals surface area contributed by atoms with Gasteiger partial charge in [-0.1, -0.05) is 20.3 Å². The molecule has 0 bridgehead atoms. The van der Waals surface area contributed by atoms with Crippen molar-refractivity contribution in [3.05, 3.63) is 0 Å². The van der Waals surface area contributed by atoms with Crippen molar-refractivity contribution in [2.75, 3.05) is 13.6 Å². The minimum absolute atomic E-state index is 0.110. The maximum Gasteiger partial charge on any atom is 0.225 e. The summed E-state index contributed by atoms with van der Waals surface area (Å²) < 4.78 is 0. The Bertz CT molecular complexity index is 169. The number of hydrogen-bond donors (Lipinski definition) is 1. The first-order valence-electron chi connectivity index (χ1n) is 5.42. The Balaban J connectivity index is 3.86. The summed E-state index contributed by atoms with van der Waals surface area (Å²) in [6.07, 6.45) is 2.31. The van der Waals surface area contributed by atoms with E-state index in [9.17, 15) is 4.79 Å². The molecule has 0 aliphatic carbocycles. The number of hydrogen-bond acceptors (Lipinski definition) is 2. The zero-order valence-corrected chi connectivity index (χ0v) is 9.79. The van der Waals surface area contributed by atoms with Crippen molar-refractivity contribution < 1.29 is 9.90 Å². The molecule has 0 radical (unpaired) electrons. The Morgan fingerprint density at radius 3 is 2.36 bits per heavy atom. The normalized spacial score (nSPS) is 14.9. The van der Waals surface area contributed by atoms with Crippen LogP contribution in [-0.2, 0) is 4.79 Å². The molecule has 1 amide bonds. The van der Waals surface area contributed by atoms with Crippen molar-refractivity contribution in [2.24, 2.45) is 5.92 Å². The number of aliphatic hydroxyl groups excluding tert-OH is 1. The van der Waals surface area contributed by atoms with E-state index in [-0.39, 0.29) is 17.9 Å². The Morgan fingerprint density at radius 1 is 1.36 bits per heavy atom. The minimum Gasteiger partial charge on any atom is -0.393 e. The largest absolute Gasteiger partial charge is 0.393 e. The summed E-state index contributed by atoms with van der Waals surface area (Å²) in [6.45, 7) is 6.43. The summed E-state index contributed by atoms with van der Waals surface area (Å²) >= 11 is 0. The van der Waals surface area contributed by atoms with Gasteiger partial charge in [0.1, 0.15) is 0 Å². The molecule has 0 aromatic rings. The maximum absolute atomic E-state index is 11.7. The smallest absolute Gasteiger partial charge is 0.225 e. The molecule has 3 nitrogen and oxygen atoms in total. The Morgan fingerprint density at radius 2 is 1.93 bits per heavy atom. The van der Waals surface area contributed by atoms with Gasteiger partial charge in [0.05, 0.1) is 6.10 Å². The predicted molar refractivity (Wildman–Crippen MR) is 58.0 cm³/mol. The van der Waals surface area contributed by atoms with Crippen LogP contribution in [0.2, 0.25) is 0 Å². The van der Waals surface area contributed by atoms with Crippen molar-refractivity contribution in [1.82, 2.24) is 4.90 Å². The van der Waals surface area contributed by atoms with E-state index >= 15 is 0 Å². The number of aliphatic hydroxyl groups is 1. The molecule has 2 unspecified atom stereocenters. The molecule has 0 rings (SSSR count). The Labute approximate surface area is 87.1 Å². The lowest BCUT2D eigenvalue weighted by atomic mass is 10.0. The van der Waals surface area contributed by atoms with Crippen LogP contribution in [0.3, 0.4) is 0 Å². The second-order valence-corrected chi connectivity index (χ2v) is 4.09.